The summed E-state index contributed by atoms with van der Waals surface area (Å²) in [5.74, 6) is 1.03. The standard InChI is InChI=1S/C26H30N2O6S/c1-32-22-11-9-20(17-24(22)34-3)13-15-27-26(29)21-10-12-23(33-2)25(18-21)35(30,31)28-16-14-19-7-5-4-6-8-19/h4-12,17-18,28H,13-16H2,1-3H3,(H,27,29). The van der Waals surface area contributed by atoms with Gasteiger partial charge < -0.3 is 19.5 Å². The highest BCUT2D eigenvalue weighted by molar-refractivity contribution is 7.89. The molecule has 0 aliphatic heterocycles. The minimum Gasteiger partial charge on any atom is -0.495 e. The van der Waals surface area contributed by atoms with Crippen molar-refractivity contribution in [1.29, 1.82) is 0 Å². The lowest BCUT2D eigenvalue weighted by molar-refractivity contribution is 0.0954. The highest BCUT2D eigenvalue weighted by atomic mass is 32.2. The number of rotatable bonds is 12. The highest BCUT2D eigenvalue weighted by Gasteiger charge is 2.21. The van der Waals surface area contributed by atoms with Gasteiger partial charge in [-0.3, -0.25) is 4.79 Å². The number of methoxy groups -OCH3 is 3. The third kappa shape index (κ3) is 6.97. The van der Waals surface area contributed by atoms with Crippen LogP contribution in [-0.2, 0) is 22.9 Å². The molecule has 3 aromatic carbocycles. The molecule has 0 unspecified atom stereocenters. The lowest BCUT2D eigenvalue weighted by atomic mass is 10.1. The number of amides is 1. The molecule has 0 fully saturated rings. The predicted octanol–water partition coefficient (Wildman–Crippen LogP) is 3.21. The van der Waals surface area contributed by atoms with Crippen molar-refractivity contribution in [3.63, 3.8) is 0 Å². The van der Waals surface area contributed by atoms with Crippen molar-refractivity contribution in [1.82, 2.24) is 10.0 Å². The summed E-state index contributed by atoms with van der Waals surface area (Å²) in [7, 11) is 0.636. The molecule has 0 heterocycles. The fourth-order valence-electron chi connectivity index (χ4n) is 3.54. The molecule has 1 amide bonds. The number of nitrogens with one attached hydrogen (secondary N) is 2. The van der Waals surface area contributed by atoms with E-state index >= 15 is 0 Å². The van der Waals surface area contributed by atoms with Crippen molar-refractivity contribution in [2.24, 2.45) is 0 Å². The first-order valence-electron chi connectivity index (χ1n) is 11.1. The lowest BCUT2D eigenvalue weighted by Gasteiger charge is -2.13. The summed E-state index contributed by atoms with van der Waals surface area (Å²) >= 11 is 0. The van der Waals surface area contributed by atoms with Gasteiger partial charge in [0.05, 0.1) is 21.3 Å². The molecule has 0 saturated heterocycles. The van der Waals surface area contributed by atoms with Crippen molar-refractivity contribution >= 4 is 15.9 Å². The van der Waals surface area contributed by atoms with E-state index in [0.29, 0.717) is 30.9 Å². The summed E-state index contributed by atoms with van der Waals surface area (Å²) in [6.07, 6.45) is 1.10. The SMILES string of the molecule is COc1ccc(CCNC(=O)c2ccc(OC)c(S(=O)(=O)NCCc3ccccc3)c2)cc1OC. The Kier molecular flexibility index (Phi) is 9.11. The lowest BCUT2D eigenvalue weighted by Crippen LogP contribution is -2.28. The van der Waals surface area contributed by atoms with Gasteiger partial charge in [-0.15, -0.1) is 0 Å². The van der Waals surface area contributed by atoms with Crippen LogP contribution in [0.5, 0.6) is 17.2 Å². The van der Waals surface area contributed by atoms with Crippen LogP contribution in [0.25, 0.3) is 0 Å². The molecule has 9 heteroatoms. The Balaban J connectivity index is 1.65. The van der Waals surface area contributed by atoms with E-state index in [4.69, 9.17) is 14.2 Å². The molecule has 186 valence electrons. The number of hydrogen-bond acceptors (Lipinski definition) is 6. The van der Waals surface area contributed by atoms with E-state index in [1.165, 1.54) is 25.3 Å². The Bertz CT molecular complexity index is 1250. The Hall–Kier alpha value is -3.56. The second kappa shape index (κ2) is 12.2. The molecule has 0 aromatic heterocycles. The molecule has 0 atom stereocenters. The largest absolute Gasteiger partial charge is 0.495 e. The van der Waals surface area contributed by atoms with E-state index in [0.717, 1.165) is 11.1 Å². The van der Waals surface area contributed by atoms with E-state index in [-0.39, 0.29) is 28.7 Å². The third-order valence-electron chi connectivity index (χ3n) is 5.41. The summed E-state index contributed by atoms with van der Waals surface area (Å²) in [5, 5.41) is 2.83. The monoisotopic (exact) mass is 498 g/mol. The maximum absolute atomic E-state index is 12.9. The maximum Gasteiger partial charge on any atom is 0.251 e. The van der Waals surface area contributed by atoms with Crippen molar-refractivity contribution in [2.45, 2.75) is 17.7 Å². The van der Waals surface area contributed by atoms with Gasteiger partial charge in [0.15, 0.2) is 11.5 Å². The number of benzene rings is 3. The number of sulfonamides is 1. The van der Waals surface area contributed by atoms with Crippen molar-refractivity contribution in [2.75, 3.05) is 34.4 Å². The van der Waals surface area contributed by atoms with Gasteiger partial charge in [0.1, 0.15) is 10.6 Å². The zero-order valence-corrected chi connectivity index (χ0v) is 20.9. The second-order valence-electron chi connectivity index (χ2n) is 7.69. The first kappa shape index (κ1) is 26.1. The van der Waals surface area contributed by atoms with Crippen LogP contribution in [0.1, 0.15) is 21.5 Å². The summed E-state index contributed by atoms with van der Waals surface area (Å²) in [5.41, 5.74) is 2.20. The van der Waals surface area contributed by atoms with E-state index < -0.39 is 10.0 Å². The normalized spacial score (nSPS) is 11.1. The van der Waals surface area contributed by atoms with Crippen LogP contribution in [0, 0.1) is 0 Å². The fraction of sp³-hybridized carbons (Fsp3) is 0.269. The van der Waals surface area contributed by atoms with Gasteiger partial charge >= 0.3 is 0 Å². The summed E-state index contributed by atoms with van der Waals surface area (Å²) in [6.45, 7) is 0.578. The Morgan fingerprint density at radius 3 is 2.09 bits per heavy atom. The van der Waals surface area contributed by atoms with Crippen LogP contribution in [0.15, 0.2) is 71.6 Å². The molecule has 35 heavy (non-hydrogen) atoms. The quantitative estimate of drug-likeness (QED) is 0.398. The van der Waals surface area contributed by atoms with Crippen molar-refractivity contribution in [3.05, 3.63) is 83.4 Å². The highest BCUT2D eigenvalue weighted by Crippen LogP contribution is 2.28. The zero-order valence-electron chi connectivity index (χ0n) is 20.0. The van der Waals surface area contributed by atoms with Gasteiger partial charge in [-0.05, 0) is 54.3 Å². The molecular formula is C26H30N2O6S. The van der Waals surface area contributed by atoms with Gasteiger partial charge in [-0.1, -0.05) is 36.4 Å². The molecule has 8 nitrogen and oxygen atoms in total. The number of carbonyl (C=O) groups excluding carboxylic acids is 1. The molecule has 3 aromatic rings. The zero-order chi connectivity index (χ0) is 25.3. The Labute approximate surface area is 206 Å². The molecule has 3 rings (SSSR count). The average molecular weight is 499 g/mol. The van der Waals surface area contributed by atoms with Crippen LogP contribution in [0.3, 0.4) is 0 Å². The van der Waals surface area contributed by atoms with Gasteiger partial charge in [-0.2, -0.15) is 0 Å². The van der Waals surface area contributed by atoms with Crippen molar-refractivity contribution < 1.29 is 27.4 Å². The second-order valence-corrected chi connectivity index (χ2v) is 9.43. The molecular weight excluding hydrogens is 468 g/mol. The first-order valence-corrected chi connectivity index (χ1v) is 12.6. The maximum atomic E-state index is 12.9. The third-order valence-corrected chi connectivity index (χ3v) is 6.89. The minimum absolute atomic E-state index is 0.0828. The van der Waals surface area contributed by atoms with Crippen LogP contribution in [0.4, 0.5) is 0 Å². The van der Waals surface area contributed by atoms with E-state index in [2.05, 4.69) is 10.0 Å². The van der Waals surface area contributed by atoms with E-state index in [1.807, 2.05) is 42.5 Å². The number of carbonyl (C=O) groups is 1. The van der Waals surface area contributed by atoms with Gasteiger partial charge in [0, 0.05) is 18.7 Å². The van der Waals surface area contributed by atoms with Crippen LogP contribution in [0.2, 0.25) is 0 Å². The van der Waals surface area contributed by atoms with Crippen LogP contribution in [-0.4, -0.2) is 48.7 Å². The smallest absolute Gasteiger partial charge is 0.251 e. The number of hydrogen-bond donors (Lipinski definition) is 2. The van der Waals surface area contributed by atoms with E-state index in [9.17, 15) is 13.2 Å². The van der Waals surface area contributed by atoms with Crippen molar-refractivity contribution in [3.8, 4) is 17.2 Å². The average Bonchev–Trinajstić information content (AvgIpc) is 2.88. The van der Waals surface area contributed by atoms with Crippen LogP contribution >= 0.6 is 0 Å². The predicted molar refractivity (Wildman–Crippen MR) is 134 cm³/mol. The number of ether oxygens (including phenoxy) is 3. The topological polar surface area (TPSA) is 103 Å². The molecule has 2 N–H and O–H groups in total. The summed E-state index contributed by atoms with van der Waals surface area (Å²) in [4.78, 5) is 12.6. The molecule has 0 radical (unpaired) electrons. The summed E-state index contributed by atoms with van der Waals surface area (Å²) in [6, 6.07) is 19.5. The Morgan fingerprint density at radius 1 is 0.743 bits per heavy atom. The summed E-state index contributed by atoms with van der Waals surface area (Å²) < 4.78 is 44.3. The molecule has 0 spiro atoms. The van der Waals surface area contributed by atoms with Gasteiger partial charge in [-0.25, -0.2) is 13.1 Å². The molecule has 0 aliphatic rings. The molecule has 0 aliphatic carbocycles. The molecule has 0 saturated carbocycles. The minimum atomic E-state index is -3.89. The van der Waals surface area contributed by atoms with Crippen LogP contribution < -0.4 is 24.2 Å². The first-order chi connectivity index (χ1) is 16.9. The molecule has 0 bridgehead atoms. The van der Waals surface area contributed by atoms with Gasteiger partial charge in [0.25, 0.3) is 5.91 Å². The van der Waals surface area contributed by atoms with Gasteiger partial charge in [0.2, 0.25) is 10.0 Å². The Morgan fingerprint density at radius 2 is 1.40 bits per heavy atom. The fourth-order valence-corrected chi connectivity index (χ4v) is 4.76. The van der Waals surface area contributed by atoms with E-state index in [1.54, 1.807) is 20.3 Å².